The lowest BCUT2D eigenvalue weighted by atomic mass is 10.0. The molecule has 1 aromatic carbocycles. The zero-order valence-electron chi connectivity index (χ0n) is 11.5. The normalized spacial score (nSPS) is 16.5. The van der Waals surface area contributed by atoms with Crippen molar-refractivity contribution in [3.05, 3.63) is 29.6 Å². The molecule has 1 aromatic heterocycles. The number of benzene rings is 1. The van der Waals surface area contributed by atoms with Gasteiger partial charge in [0.2, 0.25) is 0 Å². The average Bonchev–Trinajstić information content (AvgIpc) is 3.09. The third kappa shape index (κ3) is 2.18. The van der Waals surface area contributed by atoms with Gasteiger partial charge in [-0.1, -0.05) is 0 Å². The van der Waals surface area contributed by atoms with Gasteiger partial charge in [0, 0.05) is 13.2 Å². The summed E-state index contributed by atoms with van der Waals surface area (Å²) in [6.45, 7) is 2.94. The number of carboxylic acids is 1. The van der Waals surface area contributed by atoms with Crippen LogP contribution in [0.25, 0.3) is 11.0 Å². The fourth-order valence-corrected chi connectivity index (χ4v) is 2.81. The van der Waals surface area contributed by atoms with Crippen LogP contribution in [0, 0.1) is 12.3 Å². The number of carbonyl (C=O) groups is 1. The number of nitrogens with zero attached hydrogens (tertiary/aromatic N) is 2. The molecule has 5 nitrogen and oxygen atoms in total. The van der Waals surface area contributed by atoms with Crippen LogP contribution in [0.4, 0.5) is 0 Å². The van der Waals surface area contributed by atoms with Gasteiger partial charge in [0.05, 0.1) is 16.6 Å². The number of rotatable bonds is 5. The second-order valence-electron chi connectivity index (χ2n) is 5.73. The van der Waals surface area contributed by atoms with E-state index in [1.54, 1.807) is 18.2 Å². The molecule has 106 valence electrons. The van der Waals surface area contributed by atoms with Crippen molar-refractivity contribution < 1.29 is 15.0 Å². The van der Waals surface area contributed by atoms with Crippen molar-refractivity contribution in [1.29, 1.82) is 0 Å². The van der Waals surface area contributed by atoms with E-state index in [0.717, 1.165) is 42.7 Å². The van der Waals surface area contributed by atoms with E-state index in [9.17, 15) is 4.79 Å². The van der Waals surface area contributed by atoms with Crippen molar-refractivity contribution in [3.63, 3.8) is 0 Å². The van der Waals surface area contributed by atoms with Gasteiger partial charge in [-0.05, 0) is 49.8 Å². The largest absolute Gasteiger partial charge is 0.478 e. The van der Waals surface area contributed by atoms with E-state index in [1.165, 1.54) is 0 Å². The van der Waals surface area contributed by atoms with Crippen molar-refractivity contribution in [2.45, 2.75) is 32.7 Å². The molecule has 1 saturated carbocycles. The molecule has 1 aliphatic rings. The highest BCUT2D eigenvalue weighted by molar-refractivity contribution is 5.92. The number of hydrogen-bond acceptors (Lipinski definition) is 3. The maximum atomic E-state index is 11.1. The number of aromatic carboxylic acids is 1. The van der Waals surface area contributed by atoms with E-state index in [4.69, 9.17) is 10.2 Å². The van der Waals surface area contributed by atoms with Gasteiger partial charge in [-0.3, -0.25) is 0 Å². The van der Waals surface area contributed by atoms with Crippen LogP contribution in [0.5, 0.6) is 0 Å². The maximum absolute atomic E-state index is 11.1. The summed E-state index contributed by atoms with van der Waals surface area (Å²) in [6, 6.07) is 5.03. The van der Waals surface area contributed by atoms with Gasteiger partial charge in [-0.15, -0.1) is 0 Å². The van der Waals surface area contributed by atoms with Crippen LogP contribution in [0.3, 0.4) is 0 Å². The first-order chi connectivity index (χ1) is 9.54. The highest BCUT2D eigenvalue weighted by Gasteiger charge is 2.42. The molecule has 1 heterocycles. The SMILES string of the molecule is Cc1nc2ccc(C(=O)O)cc2n1CC1(CCO)CC1. The van der Waals surface area contributed by atoms with Crippen molar-refractivity contribution in [1.82, 2.24) is 9.55 Å². The Kier molecular flexibility index (Phi) is 3.01. The van der Waals surface area contributed by atoms with Crippen LogP contribution < -0.4 is 0 Å². The highest BCUT2D eigenvalue weighted by Crippen LogP contribution is 2.50. The molecule has 0 spiro atoms. The van der Waals surface area contributed by atoms with E-state index in [0.29, 0.717) is 0 Å². The maximum Gasteiger partial charge on any atom is 0.335 e. The fraction of sp³-hybridized carbons (Fsp3) is 0.467. The van der Waals surface area contributed by atoms with Crippen molar-refractivity contribution in [3.8, 4) is 0 Å². The summed E-state index contributed by atoms with van der Waals surface area (Å²) >= 11 is 0. The zero-order valence-corrected chi connectivity index (χ0v) is 11.5. The molecule has 0 saturated heterocycles. The number of imidazole rings is 1. The van der Waals surface area contributed by atoms with Crippen molar-refractivity contribution in [2.24, 2.45) is 5.41 Å². The van der Waals surface area contributed by atoms with Gasteiger partial charge >= 0.3 is 5.97 Å². The summed E-state index contributed by atoms with van der Waals surface area (Å²) < 4.78 is 2.09. The lowest BCUT2D eigenvalue weighted by Crippen LogP contribution is -2.14. The number of carboxylic acid groups (broad SMARTS) is 1. The summed E-state index contributed by atoms with van der Waals surface area (Å²) in [5, 5.41) is 18.3. The van der Waals surface area contributed by atoms with E-state index >= 15 is 0 Å². The zero-order chi connectivity index (χ0) is 14.3. The minimum absolute atomic E-state index is 0.173. The molecular weight excluding hydrogens is 256 g/mol. The molecular formula is C15H18N2O3. The molecule has 2 N–H and O–H groups in total. The molecule has 3 rings (SSSR count). The Bertz CT molecular complexity index is 671. The smallest absolute Gasteiger partial charge is 0.335 e. The lowest BCUT2D eigenvalue weighted by Gasteiger charge is -2.16. The fourth-order valence-electron chi connectivity index (χ4n) is 2.81. The van der Waals surface area contributed by atoms with Crippen LogP contribution in [-0.2, 0) is 6.54 Å². The molecule has 0 aliphatic heterocycles. The topological polar surface area (TPSA) is 75.3 Å². The average molecular weight is 274 g/mol. The summed E-state index contributed by atoms with van der Waals surface area (Å²) in [7, 11) is 0. The Balaban J connectivity index is 2.03. The molecule has 5 heteroatoms. The van der Waals surface area contributed by atoms with E-state index in [-0.39, 0.29) is 17.6 Å². The first-order valence-electron chi connectivity index (χ1n) is 6.86. The Hall–Kier alpha value is -1.88. The van der Waals surface area contributed by atoms with Crippen LogP contribution in [-0.4, -0.2) is 32.3 Å². The highest BCUT2D eigenvalue weighted by atomic mass is 16.4. The standard InChI is InChI=1S/C15H18N2O3/c1-10-16-12-3-2-11(14(19)20)8-13(12)17(10)9-15(4-5-15)6-7-18/h2-3,8,18H,4-7,9H2,1H3,(H,19,20). The Morgan fingerprint density at radius 3 is 2.80 bits per heavy atom. The number of aromatic nitrogens is 2. The number of aryl methyl sites for hydroxylation is 1. The van der Waals surface area contributed by atoms with Gasteiger partial charge in [0.1, 0.15) is 5.82 Å². The van der Waals surface area contributed by atoms with Crippen molar-refractivity contribution >= 4 is 17.0 Å². The molecule has 0 amide bonds. The minimum Gasteiger partial charge on any atom is -0.478 e. The van der Waals surface area contributed by atoms with Gasteiger partial charge in [-0.2, -0.15) is 0 Å². The second kappa shape index (κ2) is 4.59. The van der Waals surface area contributed by atoms with Crippen LogP contribution in [0.2, 0.25) is 0 Å². The first-order valence-corrected chi connectivity index (χ1v) is 6.86. The number of fused-ring (bicyclic) bond motifs is 1. The van der Waals surface area contributed by atoms with Gasteiger partial charge < -0.3 is 14.8 Å². The van der Waals surface area contributed by atoms with Gasteiger partial charge in [0.15, 0.2) is 0 Å². The lowest BCUT2D eigenvalue weighted by molar-refractivity contribution is 0.0697. The van der Waals surface area contributed by atoms with Crippen molar-refractivity contribution in [2.75, 3.05) is 6.61 Å². The molecule has 0 bridgehead atoms. The molecule has 2 aromatic rings. The van der Waals surface area contributed by atoms with E-state index in [1.807, 2.05) is 6.92 Å². The number of aliphatic hydroxyl groups excluding tert-OH is 1. The third-order valence-electron chi connectivity index (χ3n) is 4.28. The summed E-state index contributed by atoms with van der Waals surface area (Å²) in [6.07, 6.45) is 3.03. The van der Waals surface area contributed by atoms with E-state index < -0.39 is 5.97 Å². The van der Waals surface area contributed by atoms with Gasteiger partial charge in [-0.25, -0.2) is 9.78 Å². The number of aliphatic hydroxyl groups is 1. The quantitative estimate of drug-likeness (QED) is 0.876. The van der Waals surface area contributed by atoms with Crippen LogP contribution in [0.1, 0.15) is 35.4 Å². The first kappa shape index (κ1) is 13.1. The predicted molar refractivity (Wildman–Crippen MR) is 74.8 cm³/mol. The third-order valence-corrected chi connectivity index (χ3v) is 4.28. The molecule has 1 aliphatic carbocycles. The van der Waals surface area contributed by atoms with E-state index in [2.05, 4.69) is 9.55 Å². The summed E-state index contributed by atoms with van der Waals surface area (Å²) in [4.78, 5) is 15.6. The minimum atomic E-state index is -0.922. The molecule has 0 radical (unpaired) electrons. The summed E-state index contributed by atoms with van der Waals surface area (Å²) in [5.41, 5.74) is 2.15. The molecule has 20 heavy (non-hydrogen) atoms. The molecule has 0 atom stereocenters. The van der Waals surface area contributed by atoms with Crippen LogP contribution in [0.15, 0.2) is 18.2 Å². The van der Waals surface area contributed by atoms with Gasteiger partial charge in [0.25, 0.3) is 0 Å². The predicted octanol–water partition coefficient (Wildman–Crippen LogP) is 2.21. The van der Waals surface area contributed by atoms with Crippen LogP contribution >= 0.6 is 0 Å². The Labute approximate surface area is 116 Å². The Morgan fingerprint density at radius 2 is 2.20 bits per heavy atom. The molecule has 0 unspecified atom stereocenters. The summed E-state index contributed by atoms with van der Waals surface area (Å²) in [5.74, 6) is -0.0273. The second-order valence-corrected chi connectivity index (χ2v) is 5.73. The number of hydrogen-bond donors (Lipinski definition) is 2. The monoisotopic (exact) mass is 274 g/mol. The molecule has 1 fully saturated rings. The Morgan fingerprint density at radius 1 is 1.45 bits per heavy atom.